The predicted octanol–water partition coefficient (Wildman–Crippen LogP) is 1.38. The summed E-state index contributed by atoms with van der Waals surface area (Å²) in [4.78, 5) is 26.4. The maximum absolute atomic E-state index is 12.2. The molecule has 2 heterocycles. The first-order valence-electron chi connectivity index (χ1n) is 7.37. The zero-order valence-electron chi connectivity index (χ0n) is 13.2. The van der Waals surface area contributed by atoms with Crippen molar-refractivity contribution in [3.8, 4) is 6.07 Å². The van der Waals surface area contributed by atoms with Crippen molar-refractivity contribution in [3.63, 3.8) is 0 Å². The number of nitriles is 1. The number of carbonyl (C=O) groups excluding carboxylic acids is 2. The highest BCUT2D eigenvalue weighted by Gasteiger charge is 2.23. The zero-order chi connectivity index (χ0) is 16.8. The van der Waals surface area contributed by atoms with Crippen LogP contribution in [-0.2, 0) is 14.3 Å². The molecule has 0 atom stereocenters. The molecule has 124 valence electrons. The largest absolute Gasteiger partial charge is 0.462 e. The molecule has 1 saturated heterocycles. The molecule has 0 unspecified atom stereocenters. The van der Waals surface area contributed by atoms with Crippen LogP contribution in [0.25, 0.3) is 0 Å². The molecule has 0 bridgehead atoms. The molecule has 1 aromatic rings. The minimum absolute atomic E-state index is 0.208. The van der Waals surface area contributed by atoms with Crippen LogP contribution in [0.3, 0.4) is 0 Å². The number of morpholine rings is 1. The third-order valence-electron chi connectivity index (χ3n) is 3.44. The van der Waals surface area contributed by atoms with E-state index in [1.807, 2.05) is 11.0 Å². The average Bonchev–Trinajstić information content (AvgIpc) is 2.84. The molecular formula is C15H19N3O4S. The fourth-order valence-electron chi connectivity index (χ4n) is 2.26. The maximum Gasteiger partial charge on any atom is 0.348 e. The standard InChI is InChI=1S/C15H19N3O4S/c1-3-22-15(20)13-10(2)11(8-16)14(23-13)17-12(19)9-18-4-6-21-7-5-18/h3-7,9H2,1-2H3,(H,17,19). The van der Waals surface area contributed by atoms with Gasteiger partial charge in [-0.25, -0.2) is 4.79 Å². The van der Waals surface area contributed by atoms with Crippen molar-refractivity contribution >= 4 is 28.2 Å². The smallest absolute Gasteiger partial charge is 0.348 e. The Hall–Kier alpha value is -1.95. The molecule has 0 radical (unpaired) electrons. The third-order valence-corrected chi connectivity index (χ3v) is 4.63. The Balaban J connectivity index is 2.09. The Bertz CT molecular complexity index is 629. The quantitative estimate of drug-likeness (QED) is 0.816. The second kappa shape index (κ2) is 8.06. The molecule has 0 aromatic carbocycles. The van der Waals surface area contributed by atoms with E-state index in [4.69, 9.17) is 9.47 Å². The predicted molar refractivity (Wildman–Crippen MR) is 85.6 cm³/mol. The zero-order valence-corrected chi connectivity index (χ0v) is 14.0. The lowest BCUT2D eigenvalue weighted by Crippen LogP contribution is -2.41. The minimum Gasteiger partial charge on any atom is -0.462 e. The molecule has 1 amide bonds. The van der Waals surface area contributed by atoms with E-state index in [1.54, 1.807) is 13.8 Å². The molecule has 1 aliphatic heterocycles. The first-order chi connectivity index (χ1) is 11.1. The van der Waals surface area contributed by atoms with Gasteiger partial charge in [-0.1, -0.05) is 0 Å². The number of carbonyl (C=O) groups is 2. The number of thiophene rings is 1. The fraction of sp³-hybridized carbons (Fsp3) is 0.533. The third kappa shape index (κ3) is 4.28. The summed E-state index contributed by atoms with van der Waals surface area (Å²) in [6.45, 7) is 6.53. The highest BCUT2D eigenvalue weighted by Crippen LogP contribution is 2.33. The number of rotatable bonds is 5. The van der Waals surface area contributed by atoms with Crippen LogP contribution in [0.5, 0.6) is 0 Å². The van der Waals surface area contributed by atoms with E-state index < -0.39 is 5.97 Å². The van der Waals surface area contributed by atoms with E-state index in [-0.39, 0.29) is 19.1 Å². The molecule has 23 heavy (non-hydrogen) atoms. The van der Waals surface area contributed by atoms with Gasteiger partial charge in [-0.05, 0) is 19.4 Å². The second-order valence-corrected chi connectivity index (χ2v) is 6.05. The van der Waals surface area contributed by atoms with E-state index in [1.165, 1.54) is 0 Å². The van der Waals surface area contributed by atoms with Crippen molar-refractivity contribution in [3.05, 3.63) is 16.0 Å². The number of hydrogen-bond acceptors (Lipinski definition) is 7. The Morgan fingerprint density at radius 2 is 2.13 bits per heavy atom. The summed E-state index contributed by atoms with van der Waals surface area (Å²) in [5, 5.41) is 12.4. The first kappa shape index (κ1) is 17.4. The Kier molecular flexibility index (Phi) is 6.10. The van der Waals surface area contributed by atoms with Gasteiger partial charge in [-0.15, -0.1) is 11.3 Å². The van der Waals surface area contributed by atoms with Gasteiger partial charge in [0.05, 0.1) is 31.9 Å². The molecular weight excluding hydrogens is 318 g/mol. The molecule has 1 aliphatic rings. The molecule has 7 nitrogen and oxygen atoms in total. The summed E-state index contributed by atoms with van der Waals surface area (Å²) in [5.74, 6) is -0.680. The lowest BCUT2D eigenvalue weighted by atomic mass is 10.2. The summed E-state index contributed by atoms with van der Waals surface area (Å²) in [6.07, 6.45) is 0. The lowest BCUT2D eigenvalue weighted by molar-refractivity contribution is -0.118. The molecule has 2 rings (SSSR count). The average molecular weight is 337 g/mol. The van der Waals surface area contributed by atoms with Crippen LogP contribution >= 0.6 is 11.3 Å². The van der Waals surface area contributed by atoms with Gasteiger partial charge in [0.15, 0.2) is 0 Å². The first-order valence-corrected chi connectivity index (χ1v) is 8.19. The highest BCUT2D eigenvalue weighted by molar-refractivity contribution is 7.18. The number of ether oxygens (including phenoxy) is 2. The van der Waals surface area contributed by atoms with Gasteiger partial charge >= 0.3 is 5.97 Å². The van der Waals surface area contributed by atoms with Crippen molar-refractivity contribution in [1.82, 2.24) is 4.90 Å². The van der Waals surface area contributed by atoms with E-state index >= 15 is 0 Å². The van der Waals surface area contributed by atoms with Gasteiger partial charge in [-0.3, -0.25) is 9.69 Å². The number of esters is 1. The van der Waals surface area contributed by atoms with Gasteiger partial charge in [0, 0.05) is 13.1 Å². The van der Waals surface area contributed by atoms with Crippen LogP contribution in [0.1, 0.15) is 27.7 Å². The SMILES string of the molecule is CCOC(=O)c1sc(NC(=O)CN2CCOCC2)c(C#N)c1C. The Morgan fingerprint density at radius 1 is 1.43 bits per heavy atom. The van der Waals surface area contributed by atoms with E-state index in [2.05, 4.69) is 5.32 Å². The molecule has 1 fully saturated rings. The molecule has 0 saturated carbocycles. The fourth-order valence-corrected chi connectivity index (χ4v) is 3.32. The van der Waals surface area contributed by atoms with Crippen LogP contribution in [0.15, 0.2) is 0 Å². The van der Waals surface area contributed by atoms with Crippen molar-refractivity contribution < 1.29 is 19.1 Å². The second-order valence-electron chi connectivity index (χ2n) is 5.03. The normalized spacial score (nSPS) is 15.0. The van der Waals surface area contributed by atoms with Gasteiger partial charge in [0.2, 0.25) is 5.91 Å². The van der Waals surface area contributed by atoms with Crippen molar-refractivity contribution in [1.29, 1.82) is 5.26 Å². The van der Waals surface area contributed by atoms with Gasteiger partial charge in [0.25, 0.3) is 0 Å². The minimum atomic E-state index is -0.472. The molecule has 8 heteroatoms. The number of hydrogen-bond donors (Lipinski definition) is 1. The Labute approximate surface area is 138 Å². The summed E-state index contributed by atoms with van der Waals surface area (Å²) in [6, 6.07) is 2.04. The summed E-state index contributed by atoms with van der Waals surface area (Å²) < 4.78 is 10.2. The van der Waals surface area contributed by atoms with E-state index in [9.17, 15) is 14.9 Å². The van der Waals surface area contributed by atoms with E-state index in [0.29, 0.717) is 47.3 Å². The van der Waals surface area contributed by atoms with Crippen molar-refractivity contribution in [2.75, 3.05) is 44.8 Å². The van der Waals surface area contributed by atoms with Crippen LogP contribution in [0.2, 0.25) is 0 Å². The molecule has 1 aromatic heterocycles. The topological polar surface area (TPSA) is 91.7 Å². The van der Waals surface area contributed by atoms with Crippen LogP contribution < -0.4 is 5.32 Å². The van der Waals surface area contributed by atoms with Crippen molar-refractivity contribution in [2.24, 2.45) is 0 Å². The number of nitrogens with zero attached hydrogens (tertiary/aromatic N) is 2. The van der Waals surface area contributed by atoms with Gasteiger partial charge in [-0.2, -0.15) is 5.26 Å². The highest BCUT2D eigenvalue weighted by atomic mass is 32.1. The van der Waals surface area contributed by atoms with E-state index in [0.717, 1.165) is 11.3 Å². The monoisotopic (exact) mass is 337 g/mol. The molecule has 1 N–H and O–H groups in total. The summed E-state index contributed by atoms with van der Waals surface area (Å²) in [5.41, 5.74) is 0.853. The summed E-state index contributed by atoms with van der Waals surface area (Å²) in [7, 11) is 0. The lowest BCUT2D eigenvalue weighted by Gasteiger charge is -2.25. The molecule has 0 spiro atoms. The van der Waals surface area contributed by atoms with Crippen LogP contribution in [0, 0.1) is 18.3 Å². The summed E-state index contributed by atoms with van der Waals surface area (Å²) >= 11 is 1.08. The Morgan fingerprint density at radius 3 is 2.74 bits per heavy atom. The van der Waals surface area contributed by atoms with Gasteiger partial charge < -0.3 is 14.8 Å². The van der Waals surface area contributed by atoms with Crippen LogP contribution in [-0.4, -0.2) is 56.2 Å². The maximum atomic E-state index is 12.2. The van der Waals surface area contributed by atoms with Gasteiger partial charge in [0.1, 0.15) is 15.9 Å². The number of nitrogens with one attached hydrogen (secondary N) is 1. The van der Waals surface area contributed by atoms with Crippen molar-refractivity contribution in [2.45, 2.75) is 13.8 Å². The molecule has 0 aliphatic carbocycles. The van der Waals surface area contributed by atoms with Crippen LogP contribution in [0.4, 0.5) is 5.00 Å². The number of anilines is 1. The number of amides is 1.